The van der Waals surface area contributed by atoms with Crippen LogP contribution in [-0.4, -0.2) is 29.0 Å². The van der Waals surface area contributed by atoms with Gasteiger partial charge in [0.2, 0.25) is 5.91 Å². The van der Waals surface area contributed by atoms with Crippen molar-refractivity contribution in [2.24, 2.45) is 5.73 Å². The van der Waals surface area contributed by atoms with Crippen LogP contribution in [0.15, 0.2) is 18.2 Å². The number of carbonyl (C=O) groups is 2. The van der Waals surface area contributed by atoms with E-state index < -0.39 is 11.5 Å². The summed E-state index contributed by atoms with van der Waals surface area (Å²) in [5.74, 6) is -0.428. The van der Waals surface area contributed by atoms with E-state index in [1.54, 1.807) is 11.0 Å². The Morgan fingerprint density at radius 3 is 2.55 bits per heavy atom. The lowest BCUT2D eigenvalue weighted by Crippen LogP contribution is -2.40. The SMILES string of the molecule is CC(C)(C)OC(=O)N1CCc2cc(C(N)=O)ccc2C1. The van der Waals surface area contributed by atoms with Gasteiger partial charge < -0.3 is 15.4 Å². The Balaban J connectivity index is 2.12. The Kier molecular flexibility index (Phi) is 3.70. The molecule has 0 aliphatic carbocycles. The summed E-state index contributed by atoms with van der Waals surface area (Å²) in [5, 5.41) is 0. The summed E-state index contributed by atoms with van der Waals surface area (Å²) in [4.78, 5) is 24.9. The molecule has 1 aliphatic heterocycles. The van der Waals surface area contributed by atoms with Crippen molar-refractivity contribution >= 4 is 12.0 Å². The van der Waals surface area contributed by atoms with Gasteiger partial charge in [-0.15, -0.1) is 0 Å². The van der Waals surface area contributed by atoms with Crippen molar-refractivity contribution < 1.29 is 14.3 Å². The molecule has 20 heavy (non-hydrogen) atoms. The Morgan fingerprint density at radius 2 is 1.95 bits per heavy atom. The molecule has 0 saturated carbocycles. The number of nitrogens with zero attached hydrogens (tertiary/aromatic N) is 1. The van der Waals surface area contributed by atoms with Crippen LogP contribution in [0.1, 0.15) is 42.3 Å². The lowest BCUT2D eigenvalue weighted by Gasteiger charge is -2.31. The fraction of sp³-hybridized carbons (Fsp3) is 0.467. The van der Waals surface area contributed by atoms with Crippen molar-refractivity contribution in [2.75, 3.05) is 6.54 Å². The molecule has 1 aromatic rings. The zero-order valence-corrected chi connectivity index (χ0v) is 12.1. The maximum absolute atomic E-state index is 12.0. The second kappa shape index (κ2) is 5.15. The molecule has 1 heterocycles. The van der Waals surface area contributed by atoms with Gasteiger partial charge in [0.1, 0.15) is 5.60 Å². The van der Waals surface area contributed by atoms with Gasteiger partial charge in [-0.2, -0.15) is 0 Å². The quantitative estimate of drug-likeness (QED) is 0.853. The molecule has 0 radical (unpaired) electrons. The lowest BCUT2D eigenvalue weighted by molar-refractivity contribution is 0.0224. The van der Waals surface area contributed by atoms with Gasteiger partial charge in [0.05, 0.1) is 0 Å². The highest BCUT2D eigenvalue weighted by Gasteiger charge is 2.25. The highest BCUT2D eigenvalue weighted by molar-refractivity contribution is 5.93. The molecule has 5 heteroatoms. The largest absolute Gasteiger partial charge is 0.444 e. The minimum atomic E-state index is -0.493. The van der Waals surface area contributed by atoms with Crippen molar-refractivity contribution in [1.29, 1.82) is 0 Å². The molecule has 1 aromatic carbocycles. The Labute approximate surface area is 118 Å². The molecule has 0 aromatic heterocycles. The van der Waals surface area contributed by atoms with Crippen molar-refractivity contribution in [3.63, 3.8) is 0 Å². The maximum Gasteiger partial charge on any atom is 0.410 e. The molecule has 2 N–H and O–H groups in total. The van der Waals surface area contributed by atoms with Gasteiger partial charge in [0.15, 0.2) is 0 Å². The number of hydrogen-bond donors (Lipinski definition) is 1. The summed E-state index contributed by atoms with van der Waals surface area (Å²) in [6, 6.07) is 5.36. The third-order valence-corrected chi connectivity index (χ3v) is 3.15. The van der Waals surface area contributed by atoms with Crippen molar-refractivity contribution in [2.45, 2.75) is 39.3 Å². The van der Waals surface area contributed by atoms with Gasteiger partial charge in [-0.25, -0.2) is 4.79 Å². The lowest BCUT2D eigenvalue weighted by atomic mass is 9.97. The van der Waals surface area contributed by atoms with E-state index in [1.165, 1.54) is 0 Å². The smallest absolute Gasteiger partial charge is 0.410 e. The molecular formula is C15H20N2O3. The highest BCUT2D eigenvalue weighted by atomic mass is 16.6. The summed E-state index contributed by atoms with van der Waals surface area (Å²) < 4.78 is 5.37. The molecule has 0 spiro atoms. The fourth-order valence-electron chi connectivity index (χ4n) is 2.19. The third kappa shape index (κ3) is 3.29. The third-order valence-electron chi connectivity index (χ3n) is 3.15. The molecule has 0 saturated heterocycles. The molecule has 108 valence electrons. The van der Waals surface area contributed by atoms with Gasteiger partial charge in [0, 0.05) is 18.7 Å². The predicted molar refractivity (Wildman–Crippen MR) is 75.3 cm³/mol. The van der Waals surface area contributed by atoms with Crippen molar-refractivity contribution in [1.82, 2.24) is 4.90 Å². The number of amides is 2. The average molecular weight is 276 g/mol. The zero-order valence-electron chi connectivity index (χ0n) is 12.1. The minimum Gasteiger partial charge on any atom is -0.444 e. The topological polar surface area (TPSA) is 72.6 Å². The van der Waals surface area contributed by atoms with Gasteiger partial charge in [0.25, 0.3) is 0 Å². The van der Waals surface area contributed by atoms with Crippen LogP contribution in [0.4, 0.5) is 4.79 Å². The Morgan fingerprint density at radius 1 is 1.25 bits per heavy atom. The molecule has 2 amide bonds. The average Bonchev–Trinajstić information content (AvgIpc) is 2.35. The second-order valence-corrected chi connectivity index (χ2v) is 6.00. The van der Waals surface area contributed by atoms with Gasteiger partial charge in [-0.05, 0) is 50.5 Å². The first-order valence-corrected chi connectivity index (χ1v) is 6.66. The molecular weight excluding hydrogens is 256 g/mol. The Bertz CT molecular complexity index is 547. The van der Waals surface area contributed by atoms with E-state index in [2.05, 4.69) is 0 Å². The second-order valence-electron chi connectivity index (χ2n) is 6.00. The van der Waals surface area contributed by atoms with Crippen LogP contribution in [0.3, 0.4) is 0 Å². The van der Waals surface area contributed by atoms with Crippen LogP contribution in [-0.2, 0) is 17.7 Å². The summed E-state index contributed by atoms with van der Waals surface area (Å²) in [6.45, 7) is 6.64. The molecule has 5 nitrogen and oxygen atoms in total. The van der Waals surface area contributed by atoms with Crippen molar-refractivity contribution in [3.05, 3.63) is 34.9 Å². The monoisotopic (exact) mass is 276 g/mol. The van der Waals surface area contributed by atoms with E-state index in [0.717, 1.165) is 11.1 Å². The number of rotatable bonds is 1. The van der Waals surface area contributed by atoms with Crippen LogP contribution in [0.5, 0.6) is 0 Å². The minimum absolute atomic E-state index is 0.304. The number of primary amides is 1. The summed E-state index contributed by atoms with van der Waals surface area (Å²) in [6.07, 6.45) is 0.400. The molecule has 1 aliphatic rings. The fourth-order valence-corrected chi connectivity index (χ4v) is 2.19. The Hall–Kier alpha value is -2.04. The molecule has 0 unspecified atom stereocenters. The van der Waals surface area contributed by atoms with Crippen LogP contribution in [0.2, 0.25) is 0 Å². The molecule has 2 rings (SSSR count). The standard InChI is InChI=1S/C15H20N2O3/c1-15(2,3)20-14(19)17-7-6-10-8-11(13(16)18)4-5-12(10)9-17/h4-5,8H,6-7,9H2,1-3H3,(H2,16,18). The summed E-state index contributed by atoms with van der Waals surface area (Å²) in [5.41, 5.74) is 7.39. The number of nitrogens with two attached hydrogens (primary N) is 1. The molecule has 0 atom stereocenters. The molecule has 0 bridgehead atoms. The normalized spacial score (nSPS) is 14.7. The first-order valence-electron chi connectivity index (χ1n) is 6.66. The maximum atomic E-state index is 12.0. The van der Waals surface area contributed by atoms with Gasteiger partial charge in [-0.1, -0.05) is 6.07 Å². The number of hydrogen-bond acceptors (Lipinski definition) is 3. The first kappa shape index (κ1) is 14.4. The van der Waals surface area contributed by atoms with Gasteiger partial charge in [-0.3, -0.25) is 4.79 Å². The van der Waals surface area contributed by atoms with Crippen LogP contribution in [0, 0.1) is 0 Å². The number of benzene rings is 1. The van der Waals surface area contributed by atoms with E-state index in [1.807, 2.05) is 32.9 Å². The van der Waals surface area contributed by atoms with Crippen LogP contribution >= 0.6 is 0 Å². The van der Waals surface area contributed by atoms with Gasteiger partial charge >= 0.3 is 6.09 Å². The number of ether oxygens (including phenoxy) is 1. The van der Waals surface area contributed by atoms with E-state index in [4.69, 9.17) is 10.5 Å². The van der Waals surface area contributed by atoms with E-state index in [0.29, 0.717) is 25.1 Å². The molecule has 0 fully saturated rings. The summed E-state index contributed by atoms with van der Waals surface area (Å²) >= 11 is 0. The van der Waals surface area contributed by atoms with Crippen LogP contribution < -0.4 is 5.73 Å². The van der Waals surface area contributed by atoms with E-state index >= 15 is 0 Å². The van der Waals surface area contributed by atoms with Crippen LogP contribution in [0.25, 0.3) is 0 Å². The predicted octanol–water partition coefficient (Wildman–Crippen LogP) is 2.08. The first-order chi connectivity index (χ1) is 9.26. The van der Waals surface area contributed by atoms with Crippen molar-refractivity contribution in [3.8, 4) is 0 Å². The number of carbonyl (C=O) groups excluding carboxylic acids is 2. The highest BCUT2D eigenvalue weighted by Crippen LogP contribution is 2.22. The zero-order chi connectivity index (χ0) is 14.9. The summed E-state index contributed by atoms with van der Waals surface area (Å²) in [7, 11) is 0. The van der Waals surface area contributed by atoms with E-state index in [9.17, 15) is 9.59 Å². The van der Waals surface area contributed by atoms with E-state index in [-0.39, 0.29) is 6.09 Å². The number of fused-ring (bicyclic) bond motifs is 1.